The summed E-state index contributed by atoms with van der Waals surface area (Å²) in [4.78, 5) is 2.39. The van der Waals surface area contributed by atoms with Crippen LogP contribution < -0.4 is 4.90 Å². The number of furan rings is 1. The van der Waals surface area contributed by atoms with Crippen LogP contribution in [0.25, 0.3) is 68.7 Å². The zero-order valence-corrected chi connectivity index (χ0v) is 26.4. The van der Waals surface area contributed by atoms with Crippen LogP contribution in [0.3, 0.4) is 0 Å². The first-order chi connectivity index (χ1) is 22.8. The summed E-state index contributed by atoms with van der Waals surface area (Å²) in [6, 6.07) is 56.9. The van der Waals surface area contributed by atoms with Crippen LogP contribution in [0, 0.1) is 0 Å². The van der Waals surface area contributed by atoms with E-state index >= 15 is 0 Å². The summed E-state index contributed by atoms with van der Waals surface area (Å²) in [6.07, 6.45) is 0. The van der Waals surface area contributed by atoms with Crippen LogP contribution in [0.2, 0.25) is 0 Å². The van der Waals surface area contributed by atoms with Crippen LogP contribution >= 0.6 is 0 Å². The predicted molar refractivity (Wildman–Crippen MR) is 195 cm³/mol. The number of hydrogen-bond donors (Lipinski definition) is 0. The molecule has 0 aliphatic carbocycles. The molecule has 0 bridgehead atoms. The number of aromatic nitrogens is 1. The topological polar surface area (TPSA) is 21.3 Å². The molecule has 3 heterocycles. The average Bonchev–Trinajstić information content (AvgIpc) is 3.78. The number of anilines is 3. The van der Waals surface area contributed by atoms with Crippen molar-refractivity contribution in [1.29, 1.82) is 0 Å². The monoisotopic (exact) mass is 654 g/mol. The fourth-order valence-electron chi connectivity index (χ4n) is 7.14. The molecule has 7 aromatic carbocycles. The van der Waals surface area contributed by atoms with Gasteiger partial charge in [-0.1, -0.05) is 6.07 Å². The first-order valence-corrected chi connectivity index (χ1v) is 17.2. The molecule has 0 spiro atoms. The van der Waals surface area contributed by atoms with Crippen LogP contribution in [0.5, 0.6) is 0 Å². The van der Waals surface area contributed by atoms with E-state index in [9.17, 15) is 0 Å². The number of fused-ring (bicyclic) bond motifs is 9. The molecular weight excluding hydrogens is 627 g/mol. The van der Waals surface area contributed by atoms with Gasteiger partial charge in [-0.05, 0) is 0 Å². The Morgan fingerprint density at radius 2 is 1.13 bits per heavy atom. The quantitative estimate of drug-likeness (QED) is 0.176. The SMILES string of the molecule is c1ccc(-n2c3ccccc3c3cc(N(c4ccc5c(c4)[se]c4ccccc45)c4cccc5c4oc4ccccc45)ccc32)cc1. The molecule has 10 rings (SSSR count). The Bertz CT molecular complexity index is 2770. The van der Waals surface area contributed by atoms with Crippen molar-refractivity contribution < 1.29 is 4.42 Å². The van der Waals surface area contributed by atoms with Gasteiger partial charge in [0.1, 0.15) is 0 Å². The molecule has 0 saturated heterocycles. The molecule has 10 aromatic rings. The summed E-state index contributed by atoms with van der Waals surface area (Å²) in [5.41, 5.74) is 8.60. The number of hydrogen-bond acceptors (Lipinski definition) is 2. The van der Waals surface area contributed by atoms with Crippen LogP contribution in [0.15, 0.2) is 162 Å². The molecule has 0 amide bonds. The van der Waals surface area contributed by atoms with Gasteiger partial charge in [-0.3, -0.25) is 0 Å². The molecule has 216 valence electrons. The first kappa shape index (κ1) is 25.8. The molecule has 0 unspecified atom stereocenters. The summed E-state index contributed by atoms with van der Waals surface area (Å²) in [6.45, 7) is 0. The van der Waals surface area contributed by atoms with Crippen molar-refractivity contribution in [3.63, 3.8) is 0 Å². The molecule has 0 atom stereocenters. The fraction of sp³-hybridized carbons (Fsp3) is 0. The van der Waals surface area contributed by atoms with E-state index < -0.39 is 0 Å². The molecule has 3 nitrogen and oxygen atoms in total. The van der Waals surface area contributed by atoms with Crippen molar-refractivity contribution >= 4 is 94.6 Å². The summed E-state index contributed by atoms with van der Waals surface area (Å²) in [5.74, 6) is 0. The van der Waals surface area contributed by atoms with Crippen molar-refractivity contribution in [2.24, 2.45) is 0 Å². The Kier molecular flexibility index (Phi) is 5.59. The maximum atomic E-state index is 6.63. The summed E-state index contributed by atoms with van der Waals surface area (Å²) >= 11 is 0.256. The van der Waals surface area contributed by atoms with Gasteiger partial charge in [-0.2, -0.15) is 0 Å². The van der Waals surface area contributed by atoms with Crippen molar-refractivity contribution in [3.8, 4) is 5.69 Å². The van der Waals surface area contributed by atoms with Gasteiger partial charge in [-0.25, -0.2) is 0 Å². The van der Waals surface area contributed by atoms with Gasteiger partial charge < -0.3 is 0 Å². The van der Waals surface area contributed by atoms with Gasteiger partial charge in [0.15, 0.2) is 0 Å². The summed E-state index contributed by atoms with van der Waals surface area (Å²) < 4.78 is 11.9. The standard InChI is InChI=1S/C42H26N2OSe/c1-2-11-27(12-3-1)44-36-17-7-4-13-30(36)35-25-28(22-24-37(35)44)43(29-21-23-33-32-15-6-9-20-40(32)46-41(33)26-29)38-18-10-16-34-31-14-5-8-19-39(31)45-42(34)38/h1-26H. The Balaban J connectivity index is 1.26. The minimum atomic E-state index is 0.256. The number of rotatable bonds is 4. The third-order valence-electron chi connectivity index (χ3n) is 9.17. The average molecular weight is 654 g/mol. The molecule has 0 saturated carbocycles. The van der Waals surface area contributed by atoms with Gasteiger partial charge in [0.05, 0.1) is 0 Å². The van der Waals surface area contributed by atoms with E-state index in [-0.39, 0.29) is 14.5 Å². The Hall–Kier alpha value is -5.54. The van der Waals surface area contributed by atoms with Gasteiger partial charge in [0, 0.05) is 0 Å². The molecule has 0 N–H and O–H groups in total. The number of nitrogens with zero attached hydrogens (tertiary/aromatic N) is 2. The van der Waals surface area contributed by atoms with Crippen molar-refractivity contribution in [1.82, 2.24) is 4.57 Å². The maximum absolute atomic E-state index is 6.63. The predicted octanol–water partition coefficient (Wildman–Crippen LogP) is 11.5. The van der Waals surface area contributed by atoms with E-state index in [2.05, 4.69) is 161 Å². The van der Waals surface area contributed by atoms with Crippen LogP contribution in [-0.2, 0) is 0 Å². The van der Waals surface area contributed by atoms with E-state index in [1.807, 2.05) is 6.07 Å². The van der Waals surface area contributed by atoms with Crippen LogP contribution in [0.4, 0.5) is 17.1 Å². The zero-order valence-electron chi connectivity index (χ0n) is 24.7. The number of para-hydroxylation sites is 4. The third-order valence-corrected chi connectivity index (χ3v) is 11.6. The van der Waals surface area contributed by atoms with E-state index in [0.29, 0.717) is 0 Å². The molecule has 0 radical (unpaired) electrons. The van der Waals surface area contributed by atoms with Gasteiger partial charge in [-0.15, -0.1) is 0 Å². The van der Waals surface area contributed by atoms with E-state index in [1.54, 1.807) is 0 Å². The van der Waals surface area contributed by atoms with Crippen molar-refractivity contribution in [3.05, 3.63) is 158 Å². The first-order valence-electron chi connectivity index (χ1n) is 15.5. The van der Waals surface area contributed by atoms with E-state index in [4.69, 9.17) is 4.42 Å². The Morgan fingerprint density at radius 3 is 2.04 bits per heavy atom. The second kappa shape index (κ2) is 9.98. The molecule has 4 heteroatoms. The number of benzene rings is 7. The van der Waals surface area contributed by atoms with Crippen molar-refractivity contribution in [2.75, 3.05) is 4.90 Å². The summed E-state index contributed by atoms with van der Waals surface area (Å²) in [7, 11) is 0. The fourth-order valence-corrected chi connectivity index (χ4v) is 9.53. The normalized spacial score (nSPS) is 11.9. The molecule has 46 heavy (non-hydrogen) atoms. The van der Waals surface area contributed by atoms with Gasteiger partial charge >= 0.3 is 266 Å². The zero-order chi connectivity index (χ0) is 30.2. The summed E-state index contributed by atoms with van der Waals surface area (Å²) in [5, 5.41) is 7.42. The van der Waals surface area contributed by atoms with Crippen LogP contribution in [-0.4, -0.2) is 19.1 Å². The van der Waals surface area contributed by atoms with Gasteiger partial charge in [0.2, 0.25) is 0 Å². The Morgan fingerprint density at radius 1 is 0.457 bits per heavy atom. The second-order valence-corrected chi connectivity index (χ2v) is 14.0. The van der Waals surface area contributed by atoms with Gasteiger partial charge in [0.25, 0.3) is 0 Å². The van der Waals surface area contributed by atoms with Crippen molar-refractivity contribution in [2.45, 2.75) is 0 Å². The van der Waals surface area contributed by atoms with Crippen LogP contribution in [0.1, 0.15) is 0 Å². The molecule has 3 aromatic heterocycles. The van der Waals surface area contributed by atoms with E-state index in [0.717, 1.165) is 44.7 Å². The molecule has 0 fully saturated rings. The second-order valence-electron chi connectivity index (χ2n) is 11.8. The Labute approximate surface area is 270 Å². The molecular formula is C42H26N2OSe. The third kappa shape index (κ3) is 3.78. The molecule has 0 aliphatic rings. The molecule has 0 aliphatic heterocycles. The van der Waals surface area contributed by atoms with E-state index in [1.165, 1.54) is 41.1 Å². The minimum absolute atomic E-state index is 0.256.